The molecule has 94 valence electrons. The molecule has 0 unspecified atom stereocenters. The van der Waals surface area contributed by atoms with Gasteiger partial charge in [-0.05, 0) is 25.1 Å². The van der Waals surface area contributed by atoms with Gasteiger partial charge >= 0.3 is 0 Å². The number of nitrogens with zero attached hydrogens (tertiary/aromatic N) is 2. The predicted octanol–water partition coefficient (Wildman–Crippen LogP) is 3.57. The van der Waals surface area contributed by atoms with Crippen molar-refractivity contribution in [3.8, 4) is 5.69 Å². The van der Waals surface area contributed by atoms with Crippen LogP contribution in [0.2, 0.25) is 5.02 Å². The molecule has 5 heteroatoms. The van der Waals surface area contributed by atoms with Crippen molar-refractivity contribution in [2.75, 3.05) is 11.9 Å². The molecule has 1 aromatic carbocycles. The van der Waals surface area contributed by atoms with Crippen LogP contribution in [0.15, 0.2) is 37.1 Å². The lowest BCUT2D eigenvalue weighted by Gasteiger charge is -2.09. The third-order valence-electron chi connectivity index (χ3n) is 2.40. The number of hydrogen-bond acceptors (Lipinski definition) is 2. The van der Waals surface area contributed by atoms with Crippen molar-refractivity contribution >= 4 is 17.5 Å². The Bertz CT molecular complexity index is 578. The molecule has 2 aromatic rings. The van der Waals surface area contributed by atoms with E-state index in [1.54, 1.807) is 29.0 Å². The van der Waals surface area contributed by atoms with Crippen LogP contribution >= 0.6 is 11.6 Å². The number of aryl methyl sites for hydroxylation is 1. The molecule has 0 amide bonds. The molecule has 0 atom stereocenters. The van der Waals surface area contributed by atoms with Gasteiger partial charge in [0.1, 0.15) is 5.82 Å². The zero-order chi connectivity index (χ0) is 13.1. The third kappa shape index (κ3) is 2.54. The van der Waals surface area contributed by atoms with Crippen molar-refractivity contribution in [3.63, 3.8) is 0 Å². The summed E-state index contributed by atoms with van der Waals surface area (Å²) in [5, 5.41) is 3.43. The molecule has 0 aliphatic carbocycles. The van der Waals surface area contributed by atoms with Crippen molar-refractivity contribution in [1.82, 2.24) is 9.55 Å². The second-order valence-corrected chi connectivity index (χ2v) is 4.28. The van der Waals surface area contributed by atoms with E-state index in [4.69, 9.17) is 11.6 Å². The first kappa shape index (κ1) is 12.6. The van der Waals surface area contributed by atoms with Crippen molar-refractivity contribution in [2.24, 2.45) is 0 Å². The average molecular weight is 266 g/mol. The normalized spacial score (nSPS) is 10.4. The fraction of sp³-hybridized carbons (Fsp3) is 0.154. The van der Waals surface area contributed by atoms with Gasteiger partial charge in [0, 0.05) is 17.8 Å². The number of anilines is 1. The van der Waals surface area contributed by atoms with Gasteiger partial charge in [0.2, 0.25) is 5.95 Å². The van der Waals surface area contributed by atoms with Crippen molar-refractivity contribution in [1.29, 1.82) is 0 Å². The van der Waals surface area contributed by atoms with Gasteiger partial charge in [0.05, 0.1) is 11.4 Å². The van der Waals surface area contributed by atoms with Crippen molar-refractivity contribution in [2.45, 2.75) is 6.92 Å². The maximum Gasteiger partial charge on any atom is 0.208 e. The Kier molecular flexibility index (Phi) is 3.67. The SMILES string of the molecule is C=CCNc1nc(C)cn1-c1ccc(Cl)cc1F. The lowest BCUT2D eigenvalue weighted by Crippen LogP contribution is -2.06. The highest BCUT2D eigenvalue weighted by Crippen LogP contribution is 2.22. The van der Waals surface area contributed by atoms with E-state index in [9.17, 15) is 4.39 Å². The minimum Gasteiger partial charge on any atom is -0.352 e. The summed E-state index contributed by atoms with van der Waals surface area (Å²) in [7, 11) is 0. The van der Waals surface area contributed by atoms with Crippen molar-refractivity contribution < 1.29 is 4.39 Å². The average Bonchev–Trinajstić information content (AvgIpc) is 2.67. The lowest BCUT2D eigenvalue weighted by atomic mass is 10.3. The molecule has 0 aliphatic heterocycles. The van der Waals surface area contributed by atoms with Gasteiger partial charge in [0.25, 0.3) is 0 Å². The van der Waals surface area contributed by atoms with Crippen molar-refractivity contribution in [3.05, 3.63) is 53.6 Å². The highest BCUT2D eigenvalue weighted by molar-refractivity contribution is 6.30. The summed E-state index contributed by atoms with van der Waals surface area (Å²) >= 11 is 5.74. The molecule has 1 aromatic heterocycles. The van der Waals surface area contributed by atoms with Crippen LogP contribution in [-0.4, -0.2) is 16.1 Å². The fourth-order valence-electron chi connectivity index (χ4n) is 1.65. The molecule has 0 fully saturated rings. The molecule has 18 heavy (non-hydrogen) atoms. The molecule has 0 saturated heterocycles. The first-order chi connectivity index (χ1) is 8.61. The molecule has 3 nitrogen and oxygen atoms in total. The van der Waals surface area contributed by atoms with Crippen LogP contribution < -0.4 is 5.32 Å². The third-order valence-corrected chi connectivity index (χ3v) is 2.64. The molecule has 2 rings (SSSR count). The van der Waals surface area contributed by atoms with E-state index in [2.05, 4.69) is 16.9 Å². The summed E-state index contributed by atoms with van der Waals surface area (Å²) in [6.45, 7) is 6.03. The lowest BCUT2D eigenvalue weighted by molar-refractivity contribution is 0.618. The molecule has 1 heterocycles. The number of aromatic nitrogens is 2. The van der Waals surface area contributed by atoms with E-state index < -0.39 is 0 Å². The number of rotatable bonds is 4. The van der Waals surface area contributed by atoms with Crippen LogP contribution in [0.5, 0.6) is 0 Å². The Morgan fingerprint density at radius 3 is 3.00 bits per heavy atom. The van der Waals surface area contributed by atoms with E-state index in [1.165, 1.54) is 6.07 Å². The zero-order valence-corrected chi connectivity index (χ0v) is 10.7. The maximum atomic E-state index is 13.9. The molecule has 0 saturated carbocycles. The van der Waals surface area contributed by atoms with Gasteiger partial charge in [-0.25, -0.2) is 9.37 Å². The highest BCUT2D eigenvalue weighted by Gasteiger charge is 2.11. The molecule has 0 bridgehead atoms. The van der Waals surface area contributed by atoms with Crippen LogP contribution in [0, 0.1) is 12.7 Å². The van der Waals surface area contributed by atoms with E-state index in [0.29, 0.717) is 23.2 Å². The molecule has 0 aliphatic rings. The Morgan fingerprint density at radius 1 is 1.56 bits per heavy atom. The fourth-order valence-corrected chi connectivity index (χ4v) is 1.80. The summed E-state index contributed by atoms with van der Waals surface area (Å²) in [6.07, 6.45) is 3.48. The summed E-state index contributed by atoms with van der Waals surface area (Å²) in [4.78, 5) is 4.29. The molecular weight excluding hydrogens is 253 g/mol. The van der Waals surface area contributed by atoms with Gasteiger partial charge in [-0.2, -0.15) is 0 Å². The van der Waals surface area contributed by atoms with Crippen LogP contribution in [0.3, 0.4) is 0 Å². The Hall–Kier alpha value is -1.81. The molecule has 0 spiro atoms. The maximum absolute atomic E-state index is 13.9. The van der Waals surface area contributed by atoms with Crippen LogP contribution in [0.4, 0.5) is 10.3 Å². The Morgan fingerprint density at radius 2 is 2.33 bits per heavy atom. The standard InChI is InChI=1S/C13H13ClFN3/c1-3-6-16-13-17-9(2)8-18(13)12-5-4-10(14)7-11(12)15/h3-5,7-8H,1,6H2,2H3,(H,16,17). The Labute approximate surface area is 110 Å². The summed E-state index contributed by atoms with van der Waals surface area (Å²) in [5.74, 6) is 0.190. The van der Waals surface area contributed by atoms with E-state index in [-0.39, 0.29) is 5.82 Å². The van der Waals surface area contributed by atoms with Gasteiger partial charge in [-0.15, -0.1) is 6.58 Å². The smallest absolute Gasteiger partial charge is 0.208 e. The number of benzene rings is 1. The van der Waals surface area contributed by atoms with E-state index >= 15 is 0 Å². The summed E-state index contributed by atoms with van der Waals surface area (Å²) < 4.78 is 15.5. The first-order valence-corrected chi connectivity index (χ1v) is 5.86. The minimum absolute atomic E-state index is 0.369. The largest absolute Gasteiger partial charge is 0.352 e. The second kappa shape index (κ2) is 5.23. The minimum atomic E-state index is -0.387. The number of halogens is 2. The monoisotopic (exact) mass is 265 g/mol. The van der Waals surface area contributed by atoms with Crippen LogP contribution in [0.1, 0.15) is 5.69 Å². The van der Waals surface area contributed by atoms with Gasteiger partial charge in [-0.3, -0.25) is 4.57 Å². The summed E-state index contributed by atoms with van der Waals surface area (Å²) in [5.41, 5.74) is 1.21. The highest BCUT2D eigenvalue weighted by atomic mass is 35.5. The van der Waals surface area contributed by atoms with E-state index in [1.807, 2.05) is 6.92 Å². The number of imidazole rings is 1. The van der Waals surface area contributed by atoms with Gasteiger partial charge in [-0.1, -0.05) is 17.7 Å². The molecular formula is C13H13ClFN3. The quantitative estimate of drug-likeness (QED) is 0.857. The zero-order valence-electron chi connectivity index (χ0n) is 9.95. The van der Waals surface area contributed by atoms with Crippen LogP contribution in [-0.2, 0) is 0 Å². The van der Waals surface area contributed by atoms with Gasteiger partial charge < -0.3 is 5.32 Å². The first-order valence-electron chi connectivity index (χ1n) is 5.48. The number of nitrogens with one attached hydrogen (secondary N) is 1. The molecule has 1 N–H and O–H groups in total. The number of hydrogen-bond donors (Lipinski definition) is 1. The topological polar surface area (TPSA) is 29.9 Å². The Balaban J connectivity index is 2.45. The predicted molar refractivity (Wildman–Crippen MR) is 72.0 cm³/mol. The molecule has 0 radical (unpaired) electrons. The second-order valence-electron chi connectivity index (χ2n) is 3.84. The summed E-state index contributed by atoms with van der Waals surface area (Å²) in [6, 6.07) is 4.55. The van der Waals surface area contributed by atoms with Crippen LogP contribution in [0.25, 0.3) is 5.69 Å². The van der Waals surface area contributed by atoms with E-state index in [0.717, 1.165) is 5.69 Å². The van der Waals surface area contributed by atoms with Gasteiger partial charge in [0.15, 0.2) is 0 Å².